The van der Waals surface area contributed by atoms with Crippen molar-refractivity contribution in [1.29, 1.82) is 0 Å². The number of nitrogens with zero attached hydrogens (tertiary/aromatic N) is 2. The molecule has 0 aromatic carbocycles. The van der Waals surface area contributed by atoms with E-state index in [1.165, 1.54) is 0 Å². The Morgan fingerprint density at radius 3 is 2.36 bits per heavy atom. The van der Waals surface area contributed by atoms with Crippen molar-refractivity contribution in [1.82, 2.24) is 9.97 Å². The van der Waals surface area contributed by atoms with E-state index in [1.54, 1.807) is 0 Å². The molecule has 14 heavy (non-hydrogen) atoms. The summed E-state index contributed by atoms with van der Waals surface area (Å²) in [6.45, 7) is 3.96. The van der Waals surface area contributed by atoms with E-state index in [0.717, 1.165) is 30.2 Å². The van der Waals surface area contributed by atoms with Crippen molar-refractivity contribution in [3.05, 3.63) is 17.5 Å². The molecular formula is C10H16N4. The molecule has 0 unspecified atom stereocenters. The van der Waals surface area contributed by atoms with Gasteiger partial charge >= 0.3 is 0 Å². The van der Waals surface area contributed by atoms with E-state index < -0.39 is 0 Å². The second kappa shape index (κ2) is 3.53. The smallest absolute Gasteiger partial charge is 0.223 e. The van der Waals surface area contributed by atoms with Gasteiger partial charge in [-0.25, -0.2) is 9.97 Å². The van der Waals surface area contributed by atoms with Crippen LogP contribution in [0.1, 0.15) is 24.2 Å². The molecule has 3 N–H and O–H groups in total. The molecule has 1 aliphatic carbocycles. The quantitative estimate of drug-likeness (QED) is 0.733. The molecule has 1 saturated carbocycles. The lowest BCUT2D eigenvalue weighted by atomic mass is 9.88. The van der Waals surface area contributed by atoms with Gasteiger partial charge in [-0.15, -0.1) is 0 Å². The Morgan fingerprint density at radius 2 is 1.86 bits per heavy atom. The van der Waals surface area contributed by atoms with Gasteiger partial charge in [0.2, 0.25) is 5.95 Å². The zero-order valence-corrected chi connectivity index (χ0v) is 8.62. The number of hydrogen-bond acceptors (Lipinski definition) is 4. The molecule has 0 spiro atoms. The second-order valence-corrected chi connectivity index (χ2v) is 4.05. The first-order valence-electron chi connectivity index (χ1n) is 4.98. The second-order valence-electron chi connectivity index (χ2n) is 4.05. The first-order valence-corrected chi connectivity index (χ1v) is 4.98. The van der Waals surface area contributed by atoms with E-state index in [-0.39, 0.29) is 0 Å². The minimum absolute atomic E-state index is 0.360. The largest absolute Gasteiger partial charge is 0.351 e. The monoisotopic (exact) mass is 192 g/mol. The van der Waals surface area contributed by atoms with Crippen LogP contribution in [-0.4, -0.2) is 22.1 Å². The molecule has 0 radical (unpaired) electrons. The highest BCUT2D eigenvalue weighted by atomic mass is 15.1. The fourth-order valence-corrected chi connectivity index (χ4v) is 1.75. The van der Waals surface area contributed by atoms with Crippen LogP contribution < -0.4 is 11.1 Å². The van der Waals surface area contributed by atoms with Gasteiger partial charge in [-0.3, -0.25) is 0 Å². The van der Waals surface area contributed by atoms with Crippen LogP contribution in [0.2, 0.25) is 0 Å². The van der Waals surface area contributed by atoms with Gasteiger partial charge in [0.25, 0.3) is 0 Å². The normalized spacial score (nSPS) is 25.6. The zero-order chi connectivity index (χ0) is 10.1. The summed E-state index contributed by atoms with van der Waals surface area (Å²) < 4.78 is 0. The van der Waals surface area contributed by atoms with Gasteiger partial charge in [0.05, 0.1) is 0 Å². The fourth-order valence-electron chi connectivity index (χ4n) is 1.75. The molecule has 1 fully saturated rings. The van der Waals surface area contributed by atoms with Crippen molar-refractivity contribution < 1.29 is 0 Å². The zero-order valence-electron chi connectivity index (χ0n) is 8.62. The average molecular weight is 192 g/mol. The molecule has 4 nitrogen and oxygen atoms in total. The highest BCUT2D eigenvalue weighted by Crippen LogP contribution is 2.20. The molecule has 2 rings (SSSR count). The topological polar surface area (TPSA) is 63.8 Å². The number of rotatable bonds is 2. The van der Waals surface area contributed by atoms with Crippen molar-refractivity contribution >= 4 is 5.95 Å². The van der Waals surface area contributed by atoms with Crippen LogP contribution in [-0.2, 0) is 0 Å². The molecule has 1 aliphatic rings. The maximum atomic E-state index is 5.70. The van der Waals surface area contributed by atoms with Crippen molar-refractivity contribution in [2.24, 2.45) is 5.73 Å². The molecule has 1 heterocycles. The van der Waals surface area contributed by atoms with Gasteiger partial charge in [-0.05, 0) is 32.8 Å². The Bertz CT molecular complexity index is 311. The Morgan fingerprint density at radius 1 is 1.29 bits per heavy atom. The van der Waals surface area contributed by atoms with E-state index >= 15 is 0 Å². The lowest BCUT2D eigenvalue weighted by molar-refractivity contribution is 0.372. The fraction of sp³-hybridized carbons (Fsp3) is 0.600. The van der Waals surface area contributed by atoms with Crippen LogP contribution in [0.15, 0.2) is 6.07 Å². The van der Waals surface area contributed by atoms with Crippen LogP contribution in [0.25, 0.3) is 0 Å². The summed E-state index contributed by atoms with van der Waals surface area (Å²) in [6, 6.07) is 2.79. The first kappa shape index (κ1) is 9.40. The van der Waals surface area contributed by atoms with Crippen LogP contribution in [0, 0.1) is 13.8 Å². The SMILES string of the molecule is Cc1cc(C)nc(NC2CC(N)C2)n1. The number of nitrogens with one attached hydrogen (secondary N) is 1. The highest BCUT2D eigenvalue weighted by Gasteiger charge is 2.26. The average Bonchev–Trinajstić information content (AvgIpc) is 1.99. The molecule has 0 aliphatic heterocycles. The maximum absolute atomic E-state index is 5.70. The van der Waals surface area contributed by atoms with Crippen molar-refractivity contribution in [2.45, 2.75) is 38.8 Å². The number of aromatic nitrogens is 2. The number of nitrogens with two attached hydrogens (primary N) is 1. The lowest BCUT2D eigenvalue weighted by Crippen LogP contribution is -2.44. The Labute approximate surface area is 83.9 Å². The molecule has 1 aromatic rings. The third kappa shape index (κ3) is 2.01. The van der Waals surface area contributed by atoms with Crippen LogP contribution in [0.5, 0.6) is 0 Å². The first-order chi connectivity index (χ1) is 6.63. The highest BCUT2D eigenvalue weighted by molar-refractivity contribution is 5.30. The minimum atomic E-state index is 0.360. The van der Waals surface area contributed by atoms with E-state index in [2.05, 4.69) is 15.3 Å². The molecule has 0 amide bonds. The van der Waals surface area contributed by atoms with Crippen molar-refractivity contribution in [3.63, 3.8) is 0 Å². The molecule has 1 aromatic heterocycles. The van der Waals surface area contributed by atoms with Gasteiger partial charge in [0.1, 0.15) is 0 Å². The minimum Gasteiger partial charge on any atom is -0.351 e. The standard InChI is InChI=1S/C10H16N4/c1-6-3-7(2)13-10(12-6)14-9-4-8(11)5-9/h3,8-9H,4-5,11H2,1-2H3,(H,12,13,14). The van der Waals surface area contributed by atoms with Gasteiger partial charge in [0, 0.05) is 23.5 Å². The summed E-state index contributed by atoms with van der Waals surface area (Å²) in [5, 5.41) is 3.29. The van der Waals surface area contributed by atoms with E-state index in [1.807, 2.05) is 19.9 Å². The molecular weight excluding hydrogens is 176 g/mol. The summed E-state index contributed by atoms with van der Waals surface area (Å²) in [4.78, 5) is 8.64. The number of hydrogen-bond donors (Lipinski definition) is 2. The number of anilines is 1. The molecule has 76 valence electrons. The molecule has 4 heteroatoms. The number of aryl methyl sites for hydroxylation is 2. The molecule has 0 atom stereocenters. The summed E-state index contributed by atoms with van der Waals surface area (Å²) >= 11 is 0. The van der Waals surface area contributed by atoms with Gasteiger partial charge < -0.3 is 11.1 Å². The van der Waals surface area contributed by atoms with Gasteiger partial charge in [-0.1, -0.05) is 0 Å². The summed E-state index contributed by atoms with van der Waals surface area (Å²) in [5.41, 5.74) is 7.71. The third-order valence-corrected chi connectivity index (χ3v) is 2.49. The van der Waals surface area contributed by atoms with E-state index in [4.69, 9.17) is 5.73 Å². The summed E-state index contributed by atoms with van der Waals surface area (Å²) in [6.07, 6.45) is 2.05. The third-order valence-electron chi connectivity index (χ3n) is 2.49. The Balaban J connectivity index is 2.02. The summed E-state index contributed by atoms with van der Waals surface area (Å²) in [5.74, 6) is 0.736. The van der Waals surface area contributed by atoms with Crippen LogP contribution >= 0.6 is 0 Å². The van der Waals surface area contributed by atoms with Gasteiger partial charge in [0.15, 0.2) is 0 Å². The maximum Gasteiger partial charge on any atom is 0.223 e. The molecule has 0 bridgehead atoms. The predicted molar refractivity (Wildman–Crippen MR) is 56.1 cm³/mol. The van der Waals surface area contributed by atoms with E-state index in [9.17, 15) is 0 Å². The Kier molecular flexibility index (Phi) is 2.37. The van der Waals surface area contributed by atoms with Crippen LogP contribution in [0.3, 0.4) is 0 Å². The molecule has 0 saturated heterocycles. The van der Waals surface area contributed by atoms with Crippen molar-refractivity contribution in [2.75, 3.05) is 5.32 Å². The van der Waals surface area contributed by atoms with Crippen LogP contribution in [0.4, 0.5) is 5.95 Å². The lowest BCUT2D eigenvalue weighted by Gasteiger charge is -2.32. The van der Waals surface area contributed by atoms with E-state index in [0.29, 0.717) is 12.1 Å². The van der Waals surface area contributed by atoms with Crippen molar-refractivity contribution in [3.8, 4) is 0 Å². The Hall–Kier alpha value is -1.16. The van der Waals surface area contributed by atoms with Gasteiger partial charge in [-0.2, -0.15) is 0 Å². The summed E-state index contributed by atoms with van der Waals surface area (Å²) in [7, 11) is 0. The predicted octanol–water partition coefficient (Wildman–Crippen LogP) is 0.995.